The zero-order chi connectivity index (χ0) is 34.1. The summed E-state index contributed by atoms with van der Waals surface area (Å²) in [5, 5.41) is 0. The number of para-hydroxylation sites is 1. The minimum Gasteiger partial charge on any atom is -0.457 e. The van der Waals surface area contributed by atoms with Gasteiger partial charge in [-0.05, 0) is 115 Å². The quantitative estimate of drug-likeness (QED) is 0.266. The number of nitrogens with two attached hydrogens (primary N) is 1. The molecule has 0 aliphatic carbocycles. The van der Waals surface area contributed by atoms with Crippen molar-refractivity contribution in [3.63, 3.8) is 0 Å². The van der Waals surface area contributed by atoms with Gasteiger partial charge in [0.15, 0.2) is 11.5 Å². The van der Waals surface area contributed by atoms with Crippen LogP contribution in [0.2, 0.25) is 0 Å². The molecule has 4 aromatic rings. The molecule has 2 N–H and O–H groups in total. The molecule has 12 heteroatoms. The van der Waals surface area contributed by atoms with E-state index in [0.717, 1.165) is 70.3 Å². The van der Waals surface area contributed by atoms with Gasteiger partial charge in [0.25, 0.3) is 0 Å². The number of rotatable bonds is 8. The SMILES string of the molecule is CC(C)(C)OC(=O)N1CC(N2CCC(CCN3CCC(n4c(=O)n(-c5ccc(Oc6ccccc6)cc5)c5c(N)ncnc54)CC3)CC2)C1. The summed E-state index contributed by atoms with van der Waals surface area (Å²) in [4.78, 5) is 42.1. The van der Waals surface area contributed by atoms with Gasteiger partial charge in [0.05, 0.1) is 5.69 Å². The molecular weight excluding hydrogens is 620 g/mol. The lowest BCUT2D eigenvalue weighted by atomic mass is 9.91. The van der Waals surface area contributed by atoms with Crippen LogP contribution in [0.4, 0.5) is 10.6 Å². The predicted molar refractivity (Wildman–Crippen MR) is 189 cm³/mol. The van der Waals surface area contributed by atoms with Crippen LogP contribution in [0.15, 0.2) is 65.7 Å². The van der Waals surface area contributed by atoms with E-state index in [0.29, 0.717) is 28.6 Å². The molecule has 2 aromatic carbocycles. The molecule has 260 valence electrons. The van der Waals surface area contributed by atoms with E-state index >= 15 is 0 Å². The fourth-order valence-corrected chi connectivity index (χ4v) is 7.46. The molecular formula is C37H48N8O4. The first-order valence-electron chi connectivity index (χ1n) is 17.6. The van der Waals surface area contributed by atoms with Gasteiger partial charge in [0.1, 0.15) is 28.9 Å². The predicted octanol–water partition coefficient (Wildman–Crippen LogP) is 5.32. The van der Waals surface area contributed by atoms with Crippen molar-refractivity contribution in [2.24, 2.45) is 5.92 Å². The number of nitrogen functional groups attached to an aromatic ring is 1. The van der Waals surface area contributed by atoms with Crippen LogP contribution in [0, 0.1) is 5.92 Å². The zero-order valence-electron chi connectivity index (χ0n) is 28.8. The number of aromatic nitrogens is 4. The molecule has 0 unspecified atom stereocenters. The second-order valence-electron chi connectivity index (χ2n) is 14.7. The fourth-order valence-electron chi connectivity index (χ4n) is 7.46. The van der Waals surface area contributed by atoms with Gasteiger partial charge in [-0.1, -0.05) is 18.2 Å². The summed E-state index contributed by atoms with van der Waals surface area (Å²) in [6, 6.07) is 17.5. The van der Waals surface area contributed by atoms with Gasteiger partial charge in [-0.15, -0.1) is 0 Å². The fraction of sp³-hybridized carbons (Fsp3) is 0.514. The van der Waals surface area contributed by atoms with Crippen LogP contribution < -0.4 is 16.2 Å². The minimum absolute atomic E-state index is 0.0356. The highest BCUT2D eigenvalue weighted by Crippen LogP contribution is 2.31. The van der Waals surface area contributed by atoms with Crippen LogP contribution in [0.5, 0.6) is 11.5 Å². The number of hydrogen-bond acceptors (Lipinski definition) is 9. The van der Waals surface area contributed by atoms with Crippen LogP contribution in [-0.4, -0.2) is 97.4 Å². The molecule has 0 saturated carbocycles. The van der Waals surface area contributed by atoms with Gasteiger partial charge in [-0.25, -0.2) is 19.6 Å². The molecule has 5 heterocycles. The number of anilines is 1. The molecule has 0 atom stereocenters. The number of nitrogens with zero attached hydrogens (tertiary/aromatic N) is 7. The normalized spacial score (nSPS) is 18.9. The first-order valence-corrected chi connectivity index (χ1v) is 17.6. The number of carbonyl (C=O) groups excluding carboxylic acids is 1. The van der Waals surface area contributed by atoms with Crippen molar-refractivity contribution in [1.29, 1.82) is 0 Å². The maximum absolute atomic E-state index is 14.1. The number of likely N-dealkylation sites (tertiary alicyclic amines) is 3. The molecule has 3 fully saturated rings. The van der Waals surface area contributed by atoms with Crippen molar-refractivity contribution in [3.05, 3.63) is 71.4 Å². The van der Waals surface area contributed by atoms with Gasteiger partial charge in [0.2, 0.25) is 0 Å². The molecule has 3 saturated heterocycles. The molecule has 3 aliphatic rings. The summed E-state index contributed by atoms with van der Waals surface area (Å²) in [7, 11) is 0. The smallest absolute Gasteiger partial charge is 0.410 e. The van der Waals surface area contributed by atoms with Crippen LogP contribution in [0.1, 0.15) is 58.9 Å². The Morgan fingerprint density at radius 2 is 1.55 bits per heavy atom. The largest absolute Gasteiger partial charge is 0.457 e. The molecule has 3 aliphatic heterocycles. The number of ether oxygens (including phenoxy) is 2. The number of amides is 1. The number of piperidine rings is 2. The topological polar surface area (TPSA) is 124 Å². The van der Waals surface area contributed by atoms with E-state index in [1.165, 1.54) is 25.6 Å². The first-order chi connectivity index (χ1) is 23.6. The lowest BCUT2D eigenvalue weighted by Crippen LogP contribution is -2.62. The molecule has 7 rings (SSSR count). The zero-order valence-corrected chi connectivity index (χ0v) is 28.8. The van der Waals surface area contributed by atoms with Gasteiger partial charge in [-0.2, -0.15) is 0 Å². The Labute approximate surface area is 287 Å². The number of imidazole rings is 1. The summed E-state index contributed by atoms with van der Waals surface area (Å²) >= 11 is 0. The summed E-state index contributed by atoms with van der Waals surface area (Å²) in [5.74, 6) is 2.43. The maximum atomic E-state index is 14.1. The highest BCUT2D eigenvalue weighted by atomic mass is 16.6. The average Bonchev–Trinajstić information content (AvgIpc) is 3.36. The third-order valence-electron chi connectivity index (χ3n) is 10.2. The van der Waals surface area contributed by atoms with Crippen LogP contribution in [-0.2, 0) is 4.74 Å². The Hall–Kier alpha value is -4.42. The molecule has 1 amide bonds. The van der Waals surface area contributed by atoms with E-state index in [1.54, 1.807) is 4.57 Å². The van der Waals surface area contributed by atoms with E-state index in [4.69, 9.17) is 15.2 Å². The van der Waals surface area contributed by atoms with E-state index < -0.39 is 5.60 Å². The van der Waals surface area contributed by atoms with Gasteiger partial charge >= 0.3 is 11.8 Å². The molecule has 12 nitrogen and oxygen atoms in total. The summed E-state index contributed by atoms with van der Waals surface area (Å²) in [5.41, 5.74) is 7.57. The highest BCUT2D eigenvalue weighted by Gasteiger charge is 2.38. The average molecular weight is 669 g/mol. The van der Waals surface area contributed by atoms with Gasteiger partial charge in [-0.3, -0.25) is 14.0 Å². The second kappa shape index (κ2) is 13.8. The Bertz CT molecular complexity index is 1790. The van der Waals surface area contributed by atoms with Crippen LogP contribution in [0.3, 0.4) is 0 Å². The monoisotopic (exact) mass is 668 g/mol. The van der Waals surface area contributed by atoms with Crippen molar-refractivity contribution in [2.45, 2.75) is 70.6 Å². The van der Waals surface area contributed by atoms with Gasteiger partial charge < -0.3 is 25.0 Å². The second-order valence-corrected chi connectivity index (χ2v) is 14.7. The van der Waals surface area contributed by atoms with E-state index in [-0.39, 0.29) is 23.6 Å². The van der Waals surface area contributed by atoms with E-state index in [9.17, 15) is 9.59 Å². The van der Waals surface area contributed by atoms with E-state index in [2.05, 4.69) is 19.8 Å². The lowest BCUT2D eigenvalue weighted by Gasteiger charge is -2.47. The number of fused-ring (bicyclic) bond motifs is 1. The van der Waals surface area contributed by atoms with Crippen LogP contribution in [0.25, 0.3) is 16.9 Å². The highest BCUT2D eigenvalue weighted by molar-refractivity contribution is 5.84. The molecule has 0 spiro atoms. The number of carbonyl (C=O) groups is 1. The molecule has 0 bridgehead atoms. The molecule has 2 aromatic heterocycles. The maximum Gasteiger partial charge on any atom is 0.410 e. The summed E-state index contributed by atoms with van der Waals surface area (Å²) in [6.45, 7) is 12.4. The molecule has 49 heavy (non-hydrogen) atoms. The third-order valence-corrected chi connectivity index (χ3v) is 10.2. The third kappa shape index (κ3) is 7.30. The Morgan fingerprint density at radius 3 is 2.22 bits per heavy atom. The van der Waals surface area contributed by atoms with Crippen molar-refractivity contribution in [3.8, 4) is 17.2 Å². The number of hydrogen-bond donors (Lipinski definition) is 1. The van der Waals surface area contributed by atoms with Crippen LogP contribution >= 0.6 is 0 Å². The standard InChI is InChI=1S/C37H48N8O4/c1-37(2,3)49-36(47)43-23-29(24-43)42-21-14-26(15-22-42)13-18-41-19-16-28(17-20-41)45-34-32(33(38)39-25-40-34)44(35(45)46)27-9-11-31(12-10-27)48-30-7-5-4-6-8-30/h4-12,25-26,28-29H,13-24H2,1-3H3,(H2,38,39,40). The minimum atomic E-state index is -0.454. The Balaban J connectivity index is 0.925. The van der Waals surface area contributed by atoms with Crippen molar-refractivity contribution in [2.75, 3.05) is 51.5 Å². The lowest BCUT2D eigenvalue weighted by molar-refractivity contribution is -0.0221. The Kier molecular flexibility index (Phi) is 9.34. The van der Waals surface area contributed by atoms with Crippen molar-refractivity contribution >= 4 is 23.1 Å². The van der Waals surface area contributed by atoms with Gasteiger partial charge in [0, 0.05) is 38.3 Å². The molecule has 0 radical (unpaired) electrons. The summed E-state index contributed by atoms with van der Waals surface area (Å²) in [6.07, 6.45) is 6.60. The van der Waals surface area contributed by atoms with E-state index in [1.807, 2.05) is 84.8 Å². The van der Waals surface area contributed by atoms with Crippen molar-refractivity contribution in [1.82, 2.24) is 33.8 Å². The number of benzene rings is 2. The van der Waals surface area contributed by atoms with Crippen molar-refractivity contribution < 1.29 is 14.3 Å². The summed E-state index contributed by atoms with van der Waals surface area (Å²) < 4.78 is 14.9. The Morgan fingerprint density at radius 1 is 0.878 bits per heavy atom. The first kappa shape index (κ1) is 33.1.